The van der Waals surface area contributed by atoms with Crippen LogP contribution >= 0.6 is 0 Å². The van der Waals surface area contributed by atoms with Gasteiger partial charge in [-0.15, -0.1) is 0 Å². The monoisotopic (exact) mass is 498 g/mol. The number of ether oxygens (including phenoxy) is 2. The van der Waals surface area contributed by atoms with Crippen LogP contribution in [0, 0.1) is 5.82 Å². The number of aromatic nitrogens is 2. The molecule has 0 N–H and O–H groups in total. The van der Waals surface area contributed by atoms with Crippen molar-refractivity contribution >= 4 is 29.6 Å². The van der Waals surface area contributed by atoms with Gasteiger partial charge in [0.1, 0.15) is 11.6 Å². The topological polar surface area (TPSA) is 71.8 Å². The molecule has 1 fully saturated rings. The van der Waals surface area contributed by atoms with Crippen molar-refractivity contribution < 1.29 is 28.0 Å². The highest BCUT2D eigenvalue weighted by Gasteiger charge is 2.51. The minimum atomic E-state index is -0.628. The number of methoxy groups -OCH3 is 2. The third kappa shape index (κ3) is 5.48. The molecule has 1 aromatic heterocycles. The van der Waals surface area contributed by atoms with Crippen LogP contribution in [0.3, 0.4) is 0 Å². The number of benzene rings is 2. The molecule has 0 radical (unpaired) electrons. The molecule has 0 saturated carbocycles. The Morgan fingerprint density at radius 2 is 1.72 bits per heavy atom. The fourth-order valence-electron chi connectivity index (χ4n) is 3.99. The first-order chi connectivity index (χ1) is 17.1. The Morgan fingerprint density at radius 3 is 2.31 bits per heavy atom. The lowest BCUT2D eigenvalue weighted by atomic mass is 9.78. The predicted octanol–water partition coefficient (Wildman–Crippen LogP) is 4.52. The third-order valence-corrected chi connectivity index (χ3v) is 6.72. The summed E-state index contributed by atoms with van der Waals surface area (Å²) in [5.74, 6) is -0.101. The molecule has 4 rings (SSSR count). The lowest BCUT2D eigenvalue weighted by molar-refractivity contribution is 0.00578. The molecule has 0 atom stereocenters. The van der Waals surface area contributed by atoms with E-state index in [9.17, 15) is 4.79 Å². The Kier molecular flexibility index (Phi) is 8.59. The molecule has 7 nitrogen and oxygen atoms in total. The number of carbonyl (C=O) groups is 1. The maximum Gasteiger partial charge on any atom is 0.494 e. The van der Waals surface area contributed by atoms with Gasteiger partial charge in [-0.3, -0.25) is 0 Å². The lowest BCUT2D eigenvalue weighted by Crippen LogP contribution is -2.41. The highest BCUT2D eigenvalue weighted by Crippen LogP contribution is 2.36. The minimum absolute atomic E-state index is 0.279. The summed E-state index contributed by atoms with van der Waals surface area (Å²) in [5.41, 5.74) is 2.05. The SMILES string of the molecule is CC.COCCn1c(Cc2ccc(B3OC(C)(C)C(C)(C)O3)cc2F)nc2ccc(C(=O)OC)cc21. The van der Waals surface area contributed by atoms with Gasteiger partial charge in [-0.25, -0.2) is 14.2 Å². The Bertz CT molecular complexity index is 1210. The van der Waals surface area contributed by atoms with Crippen molar-refractivity contribution in [2.45, 2.75) is 65.7 Å². The quantitative estimate of drug-likeness (QED) is 0.352. The van der Waals surface area contributed by atoms with Crippen molar-refractivity contribution in [3.05, 3.63) is 59.2 Å². The fraction of sp³-hybridized carbons (Fsp3) is 0.481. The molecule has 3 aromatic rings. The Labute approximate surface area is 213 Å². The first-order valence-electron chi connectivity index (χ1n) is 12.3. The molecular weight excluding hydrogens is 462 g/mol. The molecule has 1 aliphatic rings. The summed E-state index contributed by atoms with van der Waals surface area (Å²) in [6.07, 6.45) is 0.279. The van der Waals surface area contributed by atoms with Crippen molar-refractivity contribution in [1.82, 2.24) is 9.55 Å². The molecule has 36 heavy (non-hydrogen) atoms. The number of nitrogens with zero attached hydrogens (tertiary/aromatic N) is 2. The smallest absolute Gasteiger partial charge is 0.465 e. The zero-order chi connectivity index (χ0) is 26.7. The van der Waals surface area contributed by atoms with E-state index in [1.165, 1.54) is 13.2 Å². The zero-order valence-corrected chi connectivity index (χ0v) is 22.5. The van der Waals surface area contributed by atoms with Gasteiger partial charge in [-0.1, -0.05) is 26.0 Å². The molecule has 0 spiro atoms. The van der Waals surface area contributed by atoms with Gasteiger partial charge < -0.3 is 23.3 Å². The van der Waals surface area contributed by atoms with Crippen LogP contribution in [-0.4, -0.2) is 54.7 Å². The van der Waals surface area contributed by atoms with Crippen molar-refractivity contribution in [3.8, 4) is 0 Å². The van der Waals surface area contributed by atoms with Crippen LogP contribution in [0.25, 0.3) is 11.0 Å². The van der Waals surface area contributed by atoms with Crippen molar-refractivity contribution in [3.63, 3.8) is 0 Å². The average molecular weight is 498 g/mol. The molecule has 2 heterocycles. The number of rotatable bonds is 7. The molecule has 0 bridgehead atoms. The Morgan fingerprint density at radius 1 is 1.06 bits per heavy atom. The largest absolute Gasteiger partial charge is 0.494 e. The third-order valence-electron chi connectivity index (χ3n) is 6.72. The van der Waals surface area contributed by atoms with E-state index in [-0.39, 0.29) is 12.2 Å². The van der Waals surface area contributed by atoms with E-state index >= 15 is 4.39 Å². The highest BCUT2D eigenvalue weighted by molar-refractivity contribution is 6.62. The van der Waals surface area contributed by atoms with Gasteiger partial charge in [0.2, 0.25) is 0 Å². The first-order valence-corrected chi connectivity index (χ1v) is 12.3. The van der Waals surface area contributed by atoms with Gasteiger partial charge in [0.05, 0.1) is 41.5 Å². The van der Waals surface area contributed by atoms with E-state index in [1.54, 1.807) is 31.4 Å². The lowest BCUT2D eigenvalue weighted by Gasteiger charge is -2.32. The second kappa shape index (κ2) is 11.1. The van der Waals surface area contributed by atoms with E-state index in [1.807, 2.05) is 52.2 Å². The van der Waals surface area contributed by atoms with E-state index in [0.29, 0.717) is 41.1 Å². The average Bonchev–Trinajstić information content (AvgIpc) is 3.30. The molecule has 194 valence electrons. The molecule has 1 saturated heterocycles. The summed E-state index contributed by atoms with van der Waals surface area (Å²) in [6, 6.07) is 10.2. The predicted molar refractivity (Wildman–Crippen MR) is 139 cm³/mol. The number of hydrogen-bond acceptors (Lipinski definition) is 6. The molecule has 2 aromatic carbocycles. The molecule has 0 unspecified atom stereocenters. The Hall–Kier alpha value is -2.75. The first kappa shape index (κ1) is 27.8. The second-order valence-corrected chi connectivity index (χ2v) is 9.48. The number of fused-ring (bicyclic) bond motifs is 1. The van der Waals surface area contributed by atoms with Gasteiger partial charge in [-0.2, -0.15) is 0 Å². The molecular formula is C27H36BFN2O5. The van der Waals surface area contributed by atoms with Gasteiger partial charge >= 0.3 is 13.1 Å². The summed E-state index contributed by atoms with van der Waals surface area (Å²) in [7, 11) is 2.33. The van der Waals surface area contributed by atoms with Crippen LogP contribution in [0.1, 0.15) is 63.3 Å². The maximum absolute atomic E-state index is 15.2. The van der Waals surface area contributed by atoms with Crippen LogP contribution in [0.4, 0.5) is 4.39 Å². The summed E-state index contributed by atoms with van der Waals surface area (Å²) in [6.45, 7) is 12.8. The number of esters is 1. The van der Waals surface area contributed by atoms with Crippen molar-refractivity contribution in [2.75, 3.05) is 20.8 Å². The number of halogens is 1. The minimum Gasteiger partial charge on any atom is -0.465 e. The van der Waals surface area contributed by atoms with Gasteiger partial charge in [0.15, 0.2) is 0 Å². The number of imidazole rings is 1. The standard InChI is InChI=1S/C25H30BFN2O5.C2H6/c1-24(2)25(3,4)34-26(33-24)18-9-7-16(19(27)15-18)14-22-28-20-10-8-17(23(30)32-6)13-21(20)29(22)11-12-31-5;1-2/h7-10,13,15H,11-12,14H2,1-6H3;1-2H3. The van der Waals surface area contributed by atoms with E-state index in [0.717, 1.165) is 5.52 Å². The normalized spacial score (nSPS) is 16.1. The van der Waals surface area contributed by atoms with Crippen LogP contribution in [0.15, 0.2) is 36.4 Å². The van der Waals surface area contributed by atoms with Gasteiger partial charge in [0, 0.05) is 20.1 Å². The molecule has 9 heteroatoms. The highest BCUT2D eigenvalue weighted by atomic mass is 19.1. The summed E-state index contributed by atoms with van der Waals surface area (Å²) < 4.78 is 39.3. The summed E-state index contributed by atoms with van der Waals surface area (Å²) in [5, 5.41) is 0. The van der Waals surface area contributed by atoms with Crippen molar-refractivity contribution in [1.29, 1.82) is 0 Å². The Balaban J connectivity index is 0.00000176. The van der Waals surface area contributed by atoms with Crippen molar-refractivity contribution in [2.24, 2.45) is 0 Å². The van der Waals surface area contributed by atoms with E-state index in [2.05, 4.69) is 0 Å². The zero-order valence-electron chi connectivity index (χ0n) is 22.5. The van der Waals surface area contributed by atoms with Gasteiger partial charge in [0.25, 0.3) is 0 Å². The van der Waals surface area contributed by atoms with Gasteiger partial charge in [-0.05, 0) is 63.0 Å². The molecule has 0 aliphatic carbocycles. The van der Waals surface area contributed by atoms with E-state index in [4.69, 9.17) is 23.8 Å². The summed E-state index contributed by atoms with van der Waals surface area (Å²) >= 11 is 0. The fourth-order valence-corrected chi connectivity index (χ4v) is 3.99. The summed E-state index contributed by atoms with van der Waals surface area (Å²) in [4.78, 5) is 16.7. The maximum atomic E-state index is 15.2. The number of carbonyl (C=O) groups excluding carboxylic acids is 1. The van der Waals surface area contributed by atoms with Crippen LogP contribution in [0.5, 0.6) is 0 Å². The second-order valence-electron chi connectivity index (χ2n) is 9.48. The van der Waals surface area contributed by atoms with Crippen LogP contribution in [-0.2, 0) is 31.7 Å². The number of hydrogen-bond donors (Lipinski definition) is 0. The van der Waals surface area contributed by atoms with Crippen LogP contribution in [0.2, 0.25) is 0 Å². The van der Waals surface area contributed by atoms with E-state index < -0.39 is 24.3 Å². The molecule has 1 aliphatic heterocycles. The molecule has 0 amide bonds. The van der Waals surface area contributed by atoms with Crippen LogP contribution < -0.4 is 5.46 Å².